The van der Waals surface area contributed by atoms with Gasteiger partial charge >= 0.3 is 5.97 Å². The molecule has 0 aliphatic heterocycles. The third kappa shape index (κ3) is 3.18. The molecule has 1 aromatic carbocycles. The van der Waals surface area contributed by atoms with Crippen LogP contribution in [0.25, 0.3) is 0 Å². The highest BCUT2D eigenvalue weighted by molar-refractivity contribution is 7.12. The van der Waals surface area contributed by atoms with Gasteiger partial charge in [0.1, 0.15) is 10.6 Å². The maximum absolute atomic E-state index is 11.9. The fraction of sp³-hybridized carbons (Fsp3) is 0.0769. The lowest BCUT2D eigenvalue weighted by Gasteiger charge is -2.03. The van der Waals surface area contributed by atoms with Crippen LogP contribution in [0.5, 0.6) is 5.75 Å². The summed E-state index contributed by atoms with van der Waals surface area (Å²) in [5.41, 5.74) is 0.598. The van der Waals surface area contributed by atoms with Crippen LogP contribution in [0.3, 0.4) is 0 Å². The number of ether oxygens (including phenoxy) is 1. The zero-order chi connectivity index (χ0) is 13.0. The van der Waals surface area contributed by atoms with Gasteiger partial charge in [0.05, 0.1) is 0 Å². The number of rotatable bonds is 4. The number of esters is 1. The molecular formula is C13H9ClO3S. The van der Waals surface area contributed by atoms with Crippen molar-refractivity contribution in [3.05, 3.63) is 52.2 Å². The van der Waals surface area contributed by atoms with Gasteiger partial charge in [0.25, 0.3) is 0 Å². The number of thiophene rings is 1. The summed E-state index contributed by atoms with van der Waals surface area (Å²) in [5.74, 6) is 0.00293. The molecule has 0 spiro atoms. The van der Waals surface area contributed by atoms with Crippen molar-refractivity contribution >= 4 is 34.1 Å². The standard InChI is InChI=1S/C13H9ClO3S/c14-11(15)8-9-6-7-18-12(9)13(16)17-10-4-2-1-3-5-10/h1-7H,8H2. The molecule has 0 radical (unpaired) electrons. The Hall–Kier alpha value is -1.65. The van der Waals surface area contributed by atoms with E-state index in [1.54, 1.807) is 35.7 Å². The molecule has 0 saturated carbocycles. The first kappa shape index (κ1) is 12.8. The van der Waals surface area contributed by atoms with Crippen molar-refractivity contribution in [2.75, 3.05) is 0 Å². The monoisotopic (exact) mass is 280 g/mol. The topological polar surface area (TPSA) is 43.4 Å². The van der Waals surface area contributed by atoms with E-state index in [0.717, 1.165) is 0 Å². The van der Waals surface area contributed by atoms with Crippen LogP contribution in [0.2, 0.25) is 0 Å². The van der Waals surface area contributed by atoms with Crippen molar-refractivity contribution in [1.82, 2.24) is 0 Å². The maximum Gasteiger partial charge on any atom is 0.353 e. The maximum atomic E-state index is 11.9. The summed E-state index contributed by atoms with van der Waals surface area (Å²) in [6, 6.07) is 10.5. The predicted octanol–water partition coefficient (Wildman–Crippen LogP) is 3.28. The molecule has 0 atom stereocenters. The number of benzene rings is 1. The summed E-state index contributed by atoms with van der Waals surface area (Å²) in [6.07, 6.45) is 0.0320. The number of hydrogen-bond donors (Lipinski definition) is 0. The van der Waals surface area contributed by atoms with Gasteiger partial charge in [-0.25, -0.2) is 4.79 Å². The number of halogens is 1. The second-order valence-electron chi connectivity index (χ2n) is 3.51. The number of carbonyl (C=O) groups is 2. The number of hydrogen-bond acceptors (Lipinski definition) is 4. The molecule has 2 aromatic rings. The molecule has 0 bridgehead atoms. The summed E-state index contributed by atoms with van der Waals surface area (Å²) in [5, 5.41) is 1.23. The summed E-state index contributed by atoms with van der Waals surface area (Å²) >= 11 is 6.55. The fourth-order valence-corrected chi connectivity index (χ4v) is 2.39. The van der Waals surface area contributed by atoms with Crippen LogP contribution in [0.4, 0.5) is 0 Å². The Morgan fingerprint density at radius 3 is 2.56 bits per heavy atom. The number of para-hydroxylation sites is 1. The Kier molecular flexibility index (Phi) is 4.12. The van der Waals surface area contributed by atoms with Gasteiger partial charge < -0.3 is 4.74 Å². The zero-order valence-corrected chi connectivity index (χ0v) is 10.8. The Labute approximate surface area is 113 Å². The quantitative estimate of drug-likeness (QED) is 0.490. The Morgan fingerprint density at radius 2 is 1.89 bits per heavy atom. The molecular weight excluding hydrogens is 272 g/mol. The summed E-state index contributed by atoms with van der Waals surface area (Å²) < 4.78 is 5.20. The molecule has 0 aliphatic carbocycles. The molecule has 0 amide bonds. The van der Waals surface area contributed by atoms with Crippen molar-refractivity contribution in [2.24, 2.45) is 0 Å². The van der Waals surface area contributed by atoms with Crippen LogP contribution in [0, 0.1) is 0 Å². The normalized spacial score (nSPS) is 10.1. The smallest absolute Gasteiger partial charge is 0.353 e. The molecule has 2 rings (SSSR count). The molecule has 0 aliphatic rings. The van der Waals surface area contributed by atoms with E-state index in [4.69, 9.17) is 16.3 Å². The van der Waals surface area contributed by atoms with Crippen LogP contribution in [0.1, 0.15) is 15.2 Å². The summed E-state index contributed by atoms with van der Waals surface area (Å²) in [4.78, 5) is 23.2. The van der Waals surface area contributed by atoms with Crippen LogP contribution in [-0.4, -0.2) is 11.2 Å². The Bertz CT molecular complexity index is 563. The van der Waals surface area contributed by atoms with Gasteiger partial charge in [-0.05, 0) is 40.7 Å². The van der Waals surface area contributed by atoms with Crippen LogP contribution < -0.4 is 4.74 Å². The van der Waals surface area contributed by atoms with E-state index in [1.165, 1.54) is 11.3 Å². The third-order valence-corrected chi connectivity index (χ3v) is 3.29. The Balaban J connectivity index is 2.14. The first-order chi connectivity index (χ1) is 8.66. The molecule has 0 unspecified atom stereocenters. The van der Waals surface area contributed by atoms with Crippen molar-refractivity contribution in [3.63, 3.8) is 0 Å². The molecule has 0 N–H and O–H groups in total. The largest absolute Gasteiger partial charge is 0.422 e. The van der Waals surface area contributed by atoms with Crippen LogP contribution in [0.15, 0.2) is 41.8 Å². The van der Waals surface area contributed by atoms with E-state index in [0.29, 0.717) is 16.2 Å². The van der Waals surface area contributed by atoms with E-state index >= 15 is 0 Å². The molecule has 5 heteroatoms. The lowest BCUT2D eigenvalue weighted by Crippen LogP contribution is -2.09. The average Bonchev–Trinajstić information content (AvgIpc) is 2.77. The van der Waals surface area contributed by atoms with E-state index in [1.807, 2.05) is 6.07 Å². The predicted molar refractivity (Wildman–Crippen MR) is 70.3 cm³/mol. The van der Waals surface area contributed by atoms with Crippen molar-refractivity contribution in [3.8, 4) is 5.75 Å². The summed E-state index contributed by atoms with van der Waals surface area (Å²) in [6.45, 7) is 0. The van der Waals surface area contributed by atoms with Gasteiger partial charge in [0, 0.05) is 6.42 Å². The highest BCUT2D eigenvalue weighted by atomic mass is 35.5. The van der Waals surface area contributed by atoms with Gasteiger partial charge in [-0.15, -0.1) is 11.3 Å². The van der Waals surface area contributed by atoms with E-state index < -0.39 is 11.2 Å². The molecule has 92 valence electrons. The van der Waals surface area contributed by atoms with Gasteiger partial charge in [-0.1, -0.05) is 18.2 Å². The SMILES string of the molecule is O=C(Cl)Cc1ccsc1C(=O)Oc1ccccc1. The number of carbonyl (C=O) groups excluding carboxylic acids is 2. The lowest BCUT2D eigenvalue weighted by molar-refractivity contribution is -0.111. The van der Waals surface area contributed by atoms with Gasteiger partial charge in [0.15, 0.2) is 0 Å². The molecule has 0 saturated heterocycles. The third-order valence-electron chi connectivity index (χ3n) is 2.22. The van der Waals surface area contributed by atoms with Crippen LogP contribution in [-0.2, 0) is 11.2 Å². The zero-order valence-electron chi connectivity index (χ0n) is 9.26. The minimum atomic E-state index is -0.498. The first-order valence-corrected chi connectivity index (χ1v) is 6.44. The van der Waals surface area contributed by atoms with E-state index in [-0.39, 0.29) is 6.42 Å². The van der Waals surface area contributed by atoms with Crippen molar-refractivity contribution < 1.29 is 14.3 Å². The Morgan fingerprint density at radius 1 is 1.17 bits per heavy atom. The minimum absolute atomic E-state index is 0.0320. The second kappa shape index (κ2) is 5.80. The fourth-order valence-electron chi connectivity index (χ4n) is 1.45. The lowest BCUT2D eigenvalue weighted by atomic mass is 10.2. The van der Waals surface area contributed by atoms with Gasteiger partial charge in [-0.3, -0.25) is 4.79 Å². The van der Waals surface area contributed by atoms with Crippen LogP contribution >= 0.6 is 22.9 Å². The molecule has 1 heterocycles. The van der Waals surface area contributed by atoms with Gasteiger partial charge in [-0.2, -0.15) is 0 Å². The molecule has 18 heavy (non-hydrogen) atoms. The molecule has 1 aromatic heterocycles. The van der Waals surface area contributed by atoms with E-state index in [9.17, 15) is 9.59 Å². The highest BCUT2D eigenvalue weighted by Crippen LogP contribution is 2.21. The van der Waals surface area contributed by atoms with E-state index in [2.05, 4.69) is 0 Å². The van der Waals surface area contributed by atoms with Crippen molar-refractivity contribution in [2.45, 2.75) is 6.42 Å². The summed E-state index contributed by atoms with van der Waals surface area (Å²) in [7, 11) is 0. The molecule has 0 fully saturated rings. The second-order valence-corrected chi connectivity index (χ2v) is 4.85. The van der Waals surface area contributed by atoms with Crippen molar-refractivity contribution in [1.29, 1.82) is 0 Å². The first-order valence-electron chi connectivity index (χ1n) is 5.19. The average molecular weight is 281 g/mol. The van der Waals surface area contributed by atoms with Gasteiger partial charge in [0.2, 0.25) is 5.24 Å². The highest BCUT2D eigenvalue weighted by Gasteiger charge is 2.16. The minimum Gasteiger partial charge on any atom is -0.422 e. The molecule has 3 nitrogen and oxygen atoms in total.